The lowest BCUT2D eigenvalue weighted by atomic mass is 10.0. The summed E-state index contributed by atoms with van der Waals surface area (Å²) >= 11 is 2.97. The fourth-order valence-electron chi connectivity index (χ4n) is 1.46. The molecule has 0 saturated heterocycles. The first-order valence-corrected chi connectivity index (χ1v) is 7.75. The monoisotopic (exact) mass is 300 g/mol. The summed E-state index contributed by atoms with van der Waals surface area (Å²) in [6.45, 7) is 4.90. The van der Waals surface area contributed by atoms with Gasteiger partial charge in [0.25, 0.3) is 0 Å². The Morgan fingerprint density at radius 2 is 1.87 bits per heavy atom. The van der Waals surface area contributed by atoms with E-state index in [1.54, 1.807) is 0 Å². The number of sulfonamides is 1. The Kier molecular flexibility index (Phi) is 6.99. The Labute approximate surface area is 102 Å². The predicted octanol–water partition coefficient (Wildman–Crippen LogP) is 1.23. The molecule has 0 aromatic carbocycles. The van der Waals surface area contributed by atoms with Crippen molar-refractivity contribution in [2.45, 2.75) is 26.3 Å². The summed E-state index contributed by atoms with van der Waals surface area (Å²) in [6, 6.07) is -0.0115. The van der Waals surface area contributed by atoms with E-state index in [-0.39, 0.29) is 10.7 Å². The maximum atomic E-state index is 11.4. The molecule has 4 nitrogen and oxygen atoms in total. The molecule has 1 unspecified atom stereocenters. The number of hydrogen-bond acceptors (Lipinski definition) is 3. The molecule has 0 spiro atoms. The lowest BCUT2D eigenvalue weighted by molar-refractivity contribution is 0.329. The van der Waals surface area contributed by atoms with Gasteiger partial charge in [-0.15, -0.1) is 0 Å². The molecule has 6 heteroatoms. The summed E-state index contributed by atoms with van der Waals surface area (Å²) < 4.78 is 25.4. The number of nitrogens with zero attached hydrogens (tertiary/aromatic N) is 1. The lowest BCUT2D eigenvalue weighted by Gasteiger charge is -2.23. The first kappa shape index (κ1) is 15.3. The fraction of sp³-hybridized carbons (Fsp3) is 1.00. The molecule has 1 atom stereocenters. The van der Waals surface area contributed by atoms with Gasteiger partial charge >= 0.3 is 0 Å². The average Bonchev–Trinajstić information content (AvgIpc) is 2.00. The molecule has 15 heavy (non-hydrogen) atoms. The Morgan fingerprint density at radius 1 is 1.33 bits per heavy atom. The second-order valence-electron chi connectivity index (χ2n) is 4.43. The van der Waals surface area contributed by atoms with Crippen molar-refractivity contribution in [2.24, 2.45) is 5.92 Å². The normalized spacial score (nSPS) is 14.9. The third-order valence-corrected chi connectivity index (χ3v) is 4.62. The van der Waals surface area contributed by atoms with Crippen molar-refractivity contribution >= 4 is 26.0 Å². The van der Waals surface area contributed by atoms with Gasteiger partial charge in [0, 0.05) is 12.6 Å². The SMILES string of the molecule is CC(C)CC(CN(C)C)NS(=O)(=O)CBr. The molecule has 0 aromatic heterocycles. The van der Waals surface area contributed by atoms with Crippen LogP contribution in [-0.4, -0.2) is 44.7 Å². The molecule has 0 amide bonds. The molecule has 0 aliphatic heterocycles. The van der Waals surface area contributed by atoms with Gasteiger partial charge in [-0.25, -0.2) is 13.1 Å². The van der Waals surface area contributed by atoms with E-state index < -0.39 is 10.0 Å². The lowest BCUT2D eigenvalue weighted by Crippen LogP contribution is -2.42. The van der Waals surface area contributed by atoms with Crippen molar-refractivity contribution in [3.63, 3.8) is 0 Å². The highest BCUT2D eigenvalue weighted by molar-refractivity contribution is 9.10. The van der Waals surface area contributed by atoms with Crippen LogP contribution in [0.2, 0.25) is 0 Å². The molecule has 0 aliphatic carbocycles. The Hall–Kier alpha value is 0.350. The van der Waals surface area contributed by atoms with Gasteiger partial charge < -0.3 is 4.90 Å². The molecule has 1 N–H and O–H groups in total. The van der Waals surface area contributed by atoms with Gasteiger partial charge in [-0.1, -0.05) is 29.8 Å². The van der Waals surface area contributed by atoms with Crippen LogP contribution >= 0.6 is 15.9 Å². The largest absolute Gasteiger partial charge is 0.308 e. The summed E-state index contributed by atoms with van der Waals surface area (Å²) in [6.07, 6.45) is 0.852. The molecule has 0 aromatic rings. The van der Waals surface area contributed by atoms with Crippen molar-refractivity contribution in [3.05, 3.63) is 0 Å². The highest BCUT2D eigenvalue weighted by Gasteiger charge is 2.18. The van der Waals surface area contributed by atoms with E-state index in [1.807, 2.05) is 19.0 Å². The van der Waals surface area contributed by atoms with Crippen molar-refractivity contribution in [2.75, 3.05) is 25.3 Å². The van der Waals surface area contributed by atoms with E-state index in [4.69, 9.17) is 0 Å². The van der Waals surface area contributed by atoms with Crippen LogP contribution in [-0.2, 0) is 10.0 Å². The van der Waals surface area contributed by atoms with Gasteiger partial charge in [0.1, 0.15) is 4.66 Å². The highest BCUT2D eigenvalue weighted by atomic mass is 79.9. The van der Waals surface area contributed by atoms with E-state index >= 15 is 0 Å². The fourth-order valence-corrected chi connectivity index (χ4v) is 2.59. The van der Waals surface area contributed by atoms with Gasteiger partial charge in [-0.3, -0.25) is 0 Å². The van der Waals surface area contributed by atoms with Gasteiger partial charge in [0.15, 0.2) is 0 Å². The van der Waals surface area contributed by atoms with E-state index in [2.05, 4.69) is 34.5 Å². The van der Waals surface area contributed by atoms with Crippen molar-refractivity contribution < 1.29 is 8.42 Å². The van der Waals surface area contributed by atoms with Crippen molar-refractivity contribution in [1.82, 2.24) is 9.62 Å². The molecular formula is C9H21BrN2O2S. The number of alkyl halides is 1. The Bertz CT molecular complexity index is 255. The third kappa shape index (κ3) is 8.19. The average molecular weight is 301 g/mol. The van der Waals surface area contributed by atoms with Gasteiger partial charge in [-0.05, 0) is 26.4 Å². The smallest absolute Gasteiger partial charge is 0.221 e. The van der Waals surface area contributed by atoms with Crippen LogP contribution in [0, 0.1) is 5.92 Å². The van der Waals surface area contributed by atoms with Crippen LogP contribution in [0.4, 0.5) is 0 Å². The van der Waals surface area contributed by atoms with Crippen molar-refractivity contribution in [3.8, 4) is 0 Å². The molecule has 0 aliphatic rings. The quantitative estimate of drug-likeness (QED) is 0.720. The maximum absolute atomic E-state index is 11.4. The second-order valence-corrected chi connectivity index (χ2v) is 7.49. The number of hydrogen-bond donors (Lipinski definition) is 1. The number of halogens is 1. The van der Waals surface area contributed by atoms with Crippen LogP contribution < -0.4 is 4.72 Å². The van der Waals surface area contributed by atoms with Gasteiger partial charge in [0.2, 0.25) is 10.0 Å². The number of rotatable bonds is 7. The minimum Gasteiger partial charge on any atom is -0.308 e. The standard InChI is InChI=1S/C9H21BrN2O2S/c1-8(2)5-9(6-12(3)4)11-15(13,14)7-10/h8-9,11H,5-7H2,1-4H3. The van der Waals surface area contributed by atoms with Crippen molar-refractivity contribution in [1.29, 1.82) is 0 Å². The number of nitrogens with one attached hydrogen (secondary N) is 1. The predicted molar refractivity (Wildman–Crippen MR) is 67.6 cm³/mol. The van der Waals surface area contributed by atoms with Crippen LogP contribution in [0.25, 0.3) is 0 Å². The van der Waals surface area contributed by atoms with Gasteiger partial charge in [0.05, 0.1) is 0 Å². The van der Waals surface area contributed by atoms with Crippen LogP contribution in [0.15, 0.2) is 0 Å². The number of likely N-dealkylation sites (N-methyl/N-ethyl adjacent to an activating group) is 1. The van der Waals surface area contributed by atoms with Crippen LogP contribution in [0.1, 0.15) is 20.3 Å². The minimum absolute atomic E-state index is 0.0115. The Morgan fingerprint density at radius 3 is 2.20 bits per heavy atom. The second kappa shape index (κ2) is 6.83. The van der Waals surface area contributed by atoms with Crippen LogP contribution in [0.3, 0.4) is 0 Å². The summed E-state index contributed by atoms with van der Waals surface area (Å²) in [7, 11) is 0.711. The highest BCUT2D eigenvalue weighted by Crippen LogP contribution is 2.07. The van der Waals surface area contributed by atoms with E-state index in [0.29, 0.717) is 5.92 Å². The molecule has 0 bridgehead atoms. The van der Waals surface area contributed by atoms with E-state index in [9.17, 15) is 8.42 Å². The molecule has 0 heterocycles. The molecule has 0 radical (unpaired) electrons. The first-order valence-electron chi connectivity index (χ1n) is 4.97. The molecule has 0 saturated carbocycles. The molecular weight excluding hydrogens is 280 g/mol. The first-order chi connectivity index (χ1) is 6.76. The molecule has 92 valence electrons. The van der Waals surface area contributed by atoms with E-state index in [0.717, 1.165) is 13.0 Å². The summed E-state index contributed by atoms with van der Waals surface area (Å²) in [5.74, 6) is 0.480. The molecule has 0 rings (SSSR count). The Balaban J connectivity index is 4.37. The zero-order chi connectivity index (χ0) is 12.1. The summed E-state index contributed by atoms with van der Waals surface area (Å²) in [4.78, 5) is 1.99. The topological polar surface area (TPSA) is 49.4 Å². The zero-order valence-corrected chi connectivity index (χ0v) is 12.2. The third-order valence-electron chi connectivity index (χ3n) is 1.83. The van der Waals surface area contributed by atoms with Crippen LogP contribution in [0.5, 0.6) is 0 Å². The van der Waals surface area contributed by atoms with E-state index in [1.165, 1.54) is 0 Å². The summed E-state index contributed by atoms with van der Waals surface area (Å²) in [5.41, 5.74) is 0. The summed E-state index contributed by atoms with van der Waals surface area (Å²) in [5, 5.41) is 0. The van der Waals surface area contributed by atoms with Gasteiger partial charge in [-0.2, -0.15) is 0 Å². The molecule has 0 fully saturated rings. The minimum atomic E-state index is -3.17. The maximum Gasteiger partial charge on any atom is 0.221 e. The zero-order valence-electron chi connectivity index (χ0n) is 9.83.